The zero-order valence-electron chi connectivity index (χ0n) is 20.0. The summed E-state index contributed by atoms with van der Waals surface area (Å²) < 4.78 is 11.7. The van der Waals surface area contributed by atoms with Crippen LogP contribution in [0.1, 0.15) is 37.3 Å². The first-order chi connectivity index (χ1) is 16.3. The first-order valence-corrected chi connectivity index (χ1v) is 11.4. The van der Waals surface area contributed by atoms with Gasteiger partial charge in [-0.3, -0.25) is 15.1 Å². The third-order valence-corrected chi connectivity index (χ3v) is 5.64. The molecule has 0 aliphatic heterocycles. The molecule has 0 spiro atoms. The van der Waals surface area contributed by atoms with E-state index in [0.717, 1.165) is 29.0 Å². The zero-order valence-corrected chi connectivity index (χ0v) is 20.0. The average molecular weight is 465 g/mol. The van der Waals surface area contributed by atoms with Crippen molar-refractivity contribution < 1.29 is 23.9 Å². The minimum atomic E-state index is -1.21. The lowest BCUT2D eigenvalue weighted by Gasteiger charge is -2.27. The number of carboxylic acid groups (broad SMARTS) is 1. The summed E-state index contributed by atoms with van der Waals surface area (Å²) in [5.74, 6) is 1.12. The lowest BCUT2D eigenvalue weighted by atomic mass is 9.81. The molecule has 0 bridgehead atoms. The Morgan fingerprint density at radius 3 is 2.50 bits per heavy atom. The highest BCUT2D eigenvalue weighted by Gasteiger charge is 2.37. The monoisotopic (exact) mass is 464 g/mol. The van der Waals surface area contributed by atoms with Gasteiger partial charge in [-0.05, 0) is 56.5 Å². The highest BCUT2D eigenvalue weighted by atomic mass is 16.6. The molecule has 1 aromatic heterocycles. The van der Waals surface area contributed by atoms with Gasteiger partial charge in [0.1, 0.15) is 16.9 Å². The summed E-state index contributed by atoms with van der Waals surface area (Å²) in [5, 5.41) is 9.80. The van der Waals surface area contributed by atoms with E-state index in [1.165, 1.54) is 0 Å². The Balaban J connectivity index is 1.56. The summed E-state index contributed by atoms with van der Waals surface area (Å²) >= 11 is 0. The molecule has 1 unspecified atom stereocenters. The number of hydrogen-bond donors (Lipinski definition) is 2. The average Bonchev–Trinajstić information content (AvgIpc) is 3.21. The SMILES string of the molecule is C=C(NOCCC)C(C)(Cc1ccc(OCCc2nc(-c3ccccc3)oc2C)cc1)C(=O)O. The standard InChI is InChI=1S/C27H32N2O5/c1-5-16-33-29-20(3)27(4,26(30)31)18-21-11-13-23(14-12-21)32-17-15-24-19(2)34-25(28-24)22-9-7-6-8-10-22/h6-14,29H,3,5,15-18H2,1-2,4H3,(H,30,31). The molecule has 0 aliphatic rings. The van der Waals surface area contributed by atoms with Crippen molar-refractivity contribution in [2.45, 2.75) is 40.0 Å². The minimum absolute atomic E-state index is 0.268. The van der Waals surface area contributed by atoms with Crippen LogP contribution in [0.2, 0.25) is 0 Å². The molecular formula is C27H32N2O5. The van der Waals surface area contributed by atoms with E-state index < -0.39 is 11.4 Å². The van der Waals surface area contributed by atoms with Crippen LogP contribution in [0.25, 0.3) is 11.5 Å². The second-order valence-corrected chi connectivity index (χ2v) is 8.37. The number of nitrogens with one attached hydrogen (secondary N) is 1. The summed E-state index contributed by atoms with van der Waals surface area (Å²) in [5.41, 5.74) is 4.45. The predicted octanol–water partition coefficient (Wildman–Crippen LogP) is 5.35. The van der Waals surface area contributed by atoms with E-state index >= 15 is 0 Å². The van der Waals surface area contributed by atoms with Crippen LogP contribution in [-0.4, -0.2) is 29.3 Å². The first kappa shape index (κ1) is 25.1. The Hall–Kier alpha value is -3.58. The van der Waals surface area contributed by atoms with Crippen LogP contribution >= 0.6 is 0 Å². The highest BCUT2D eigenvalue weighted by Crippen LogP contribution is 2.30. The van der Waals surface area contributed by atoms with Gasteiger partial charge in [0.25, 0.3) is 0 Å². The Labute approximate surface area is 200 Å². The number of aliphatic carboxylic acids is 1. The molecule has 0 amide bonds. The number of aromatic nitrogens is 1. The largest absolute Gasteiger partial charge is 0.493 e. The number of hydroxylamine groups is 1. The normalized spacial score (nSPS) is 12.7. The van der Waals surface area contributed by atoms with Gasteiger partial charge in [0.2, 0.25) is 5.89 Å². The highest BCUT2D eigenvalue weighted by molar-refractivity contribution is 5.78. The van der Waals surface area contributed by atoms with Gasteiger partial charge in [-0.1, -0.05) is 43.8 Å². The third kappa shape index (κ3) is 6.26. The molecule has 3 aromatic rings. The van der Waals surface area contributed by atoms with Crippen molar-refractivity contribution in [2.24, 2.45) is 5.41 Å². The van der Waals surface area contributed by atoms with Gasteiger partial charge in [-0.2, -0.15) is 0 Å². The molecule has 3 rings (SSSR count). The number of oxazole rings is 1. The van der Waals surface area contributed by atoms with Gasteiger partial charge in [0.05, 0.1) is 18.9 Å². The van der Waals surface area contributed by atoms with E-state index in [1.807, 2.05) is 68.4 Å². The van der Waals surface area contributed by atoms with Crippen molar-refractivity contribution >= 4 is 5.97 Å². The number of nitrogens with zero attached hydrogens (tertiary/aromatic N) is 1. The number of hydrogen-bond acceptors (Lipinski definition) is 6. The van der Waals surface area contributed by atoms with E-state index in [0.29, 0.717) is 37.0 Å². The molecule has 2 aromatic carbocycles. The van der Waals surface area contributed by atoms with Crippen molar-refractivity contribution in [3.63, 3.8) is 0 Å². The van der Waals surface area contributed by atoms with Crippen LogP contribution in [-0.2, 0) is 22.5 Å². The Bertz CT molecular complexity index is 1090. The maximum Gasteiger partial charge on any atom is 0.315 e. The molecule has 0 saturated carbocycles. The van der Waals surface area contributed by atoms with Gasteiger partial charge in [-0.25, -0.2) is 4.98 Å². The number of benzene rings is 2. The van der Waals surface area contributed by atoms with Crippen LogP contribution in [0.4, 0.5) is 0 Å². The molecule has 7 nitrogen and oxygen atoms in total. The van der Waals surface area contributed by atoms with Gasteiger partial charge in [0, 0.05) is 17.7 Å². The van der Waals surface area contributed by atoms with Crippen molar-refractivity contribution in [2.75, 3.05) is 13.2 Å². The number of ether oxygens (including phenoxy) is 1. The van der Waals surface area contributed by atoms with E-state index in [4.69, 9.17) is 14.0 Å². The summed E-state index contributed by atoms with van der Waals surface area (Å²) in [6.45, 7) is 10.3. The van der Waals surface area contributed by atoms with Crippen molar-refractivity contribution in [3.05, 3.63) is 83.9 Å². The second kappa shape index (κ2) is 11.5. The number of aryl methyl sites for hydroxylation is 1. The van der Waals surface area contributed by atoms with Crippen molar-refractivity contribution in [1.82, 2.24) is 10.5 Å². The Morgan fingerprint density at radius 1 is 1.15 bits per heavy atom. The van der Waals surface area contributed by atoms with Gasteiger partial charge in [-0.15, -0.1) is 0 Å². The number of carboxylic acids is 1. The molecule has 7 heteroatoms. The topological polar surface area (TPSA) is 93.8 Å². The first-order valence-electron chi connectivity index (χ1n) is 11.4. The zero-order chi connectivity index (χ0) is 24.6. The van der Waals surface area contributed by atoms with E-state index in [1.54, 1.807) is 6.92 Å². The molecule has 2 N–H and O–H groups in total. The smallest absolute Gasteiger partial charge is 0.315 e. The molecule has 180 valence electrons. The lowest BCUT2D eigenvalue weighted by Crippen LogP contribution is -2.38. The Kier molecular flexibility index (Phi) is 8.49. The molecule has 1 atom stereocenters. The molecule has 0 aliphatic carbocycles. The molecule has 34 heavy (non-hydrogen) atoms. The van der Waals surface area contributed by atoms with Crippen LogP contribution in [0.15, 0.2) is 71.3 Å². The van der Waals surface area contributed by atoms with Crippen LogP contribution < -0.4 is 10.2 Å². The van der Waals surface area contributed by atoms with E-state index in [-0.39, 0.29) is 6.42 Å². The maximum atomic E-state index is 12.0. The lowest BCUT2D eigenvalue weighted by molar-refractivity contribution is -0.146. The summed E-state index contributed by atoms with van der Waals surface area (Å²) in [6.07, 6.45) is 1.70. The molecular weight excluding hydrogens is 432 g/mol. The molecule has 0 saturated heterocycles. The fourth-order valence-corrected chi connectivity index (χ4v) is 3.41. The number of rotatable bonds is 13. The molecule has 0 radical (unpaired) electrons. The molecule has 0 fully saturated rings. The van der Waals surface area contributed by atoms with Gasteiger partial charge >= 0.3 is 5.97 Å². The summed E-state index contributed by atoms with van der Waals surface area (Å²) in [6, 6.07) is 17.2. The second-order valence-electron chi connectivity index (χ2n) is 8.37. The van der Waals surface area contributed by atoms with Crippen molar-refractivity contribution in [1.29, 1.82) is 0 Å². The van der Waals surface area contributed by atoms with Crippen molar-refractivity contribution in [3.8, 4) is 17.2 Å². The fourth-order valence-electron chi connectivity index (χ4n) is 3.41. The fraction of sp³-hybridized carbons (Fsp3) is 0.333. The van der Waals surface area contributed by atoms with Crippen LogP contribution in [0.3, 0.4) is 0 Å². The maximum absolute atomic E-state index is 12.0. The van der Waals surface area contributed by atoms with E-state index in [9.17, 15) is 9.90 Å². The quantitative estimate of drug-likeness (QED) is 0.260. The van der Waals surface area contributed by atoms with E-state index in [2.05, 4.69) is 17.0 Å². The third-order valence-electron chi connectivity index (χ3n) is 5.64. The van der Waals surface area contributed by atoms with Crippen LogP contribution in [0.5, 0.6) is 5.75 Å². The minimum Gasteiger partial charge on any atom is -0.493 e. The van der Waals surface area contributed by atoms with Gasteiger partial charge in [0.15, 0.2) is 0 Å². The molecule has 1 heterocycles. The predicted molar refractivity (Wildman–Crippen MR) is 130 cm³/mol. The summed E-state index contributed by atoms with van der Waals surface area (Å²) in [7, 11) is 0. The Morgan fingerprint density at radius 2 is 1.85 bits per heavy atom. The number of carbonyl (C=O) groups is 1. The van der Waals surface area contributed by atoms with Gasteiger partial charge < -0.3 is 14.3 Å². The summed E-state index contributed by atoms with van der Waals surface area (Å²) in [4.78, 5) is 21.8. The van der Waals surface area contributed by atoms with Crippen LogP contribution in [0, 0.1) is 12.3 Å².